The van der Waals surface area contributed by atoms with Crippen LogP contribution in [0.4, 0.5) is 5.69 Å². The van der Waals surface area contributed by atoms with Gasteiger partial charge in [-0.25, -0.2) is 5.10 Å². The Labute approximate surface area is 181 Å². The van der Waals surface area contributed by atoms with Crippen LogP contribution in [-0.2, 0) is 0 Å². The average molecular weight is 426 g/mol. The maximum atomic E-state index is 12.5. The first-order valence-electron chi connectivity index (χ1n) is 10.1. The Morgan fingerprint density at radius 2 is 2.00 bits per heavy atom. The van der Waals surface area contributed by atoms with Gasteiger partial charge in [-0.1, -0.05) is 17.9 Å². The van der Waals surface area contributed by atoms with Gasteiger partial charge in [-0.15, -0.1) is 0 Å². The standard InChI is InChI=1S/C22H27N5O2S/c1-5-26(6-2)18-11-10-17(20(28)13-18)14-23-27-21(24-25-22(27)30)16-8-7-9-19(12-16)29-15(3)4/h7-15,28H,5-6H2,1-4H3,(H,25,30). The van der Waals surface area contributed by atoms with Crippen LogP contribution in [0.2, 0.25) is 0 Å². The summed E-state index contributed by atoms with van der Waals surface area (Å²) in [6, 6.07) is 13.0. The molecule has 0 spiro atoms. The fraction of sp³-hybridized carbons (Fsp3) is 0.318. The van der Waals surface area contributed by atoms with Gasteiger partial charge in [0.05, 0.1) is 25.4 Å². The van der Waals surface area contributed by atoms with Crippen LogP contribution in [0.1, 0.15) is 33.3 Å². The van der Waals surface area contributed by atoms with Crippen molar-refractivity contribution in [2.75, 3.05) is 13.1 Å². The summed E-state index contributed by atoms with van der Waals surface area (Å²) in [5.41, 5.74) is 2.29. The van der Waals surface area contributed by atoms with E-state index in [1.54, 1.807) is 12.1 Å². The van der Waals surface area contributed by atoms with Crippen molar-refractivity contribution in [1.82, 2.24) is 14.9 Å². The molecule has 2 N–H and O–H groups in total. The number of hydrogen-bond acceptors (Lipinski definition) is 5. The van der Waals surface area contributed by atoms with Gasteiger partial charge >= 0.3 is 0 Å². The molecule has 0 amide bonds. The van der Waals surface area contributed by atoms with Crippen molar-refractivity contribution in [3.8, 4) is 22.9 Å². The molecular formula is C22H27N5O2S. The van der Waals surface area contributed by atoms with E-state index in [0.29, 0.717) is 16.2 Å². The van der Waals surface area contributed by atoms with Gasteiger partial charge in [0.25, 0.3) is 0 Å². The van der Waals surface area contributed by atoms with Crippen LogP contribution in [0.5, 0.6) is 11.5 Å². The van der Waals surface area contributed by atoms with E-state index in [-0.39, 0.29) is 11.9 Å². The quantitative estimate of drug-likeness (QED) is 0.429. The summed E-state index contributed by atoms with van der Waals surface area (Å²) in [5, 5.41) is 24.0. The molecule has 158 valence electrons. The zero-order valence-corrected chi connectivity index (χ0v) is 18.5. The van der Waals surface area contributed by atoms with Crippen LogP contribution in [0.3, 0.4) is 0 Å². The van der Waals surface area contributed by atoms with Crippen LogP contribution in [0.25, 0.3) is 11.4 Å². The average Bonchev–Trinajstić information content (AvgIpc) is 3.08. The molecule has 3 aromatic rings. The molecule has 0 fully saturated rings. The van der Waals surface area contributed by atoms with Crippen molar-refractivity contribution in [3.05, 3.63) is 52.8 Å². The number of benzene rings is 2. The van der Waals surface area contributed by atoms with Crippen LogP contribution >= 0.6 is 12.2 Å². The van der Waals surface area contributed by atoms with E-state index < -0.39 is 0 Å². The molecule has 0 saturated carbocycles. The monoisotopic (exact) mass is 425 g/mol. The highest BCUT2D eigenvalue weighted by Gasteiger charge is 2.11. The third-order valence-corrected chi connectivity index (χ3v) is 4.97. The molecule has 0 aliphatic heterocycles. The Hall–Kier alpha value is -2.97. The van der Waals surface area contributed by atoms with E-state index in [1.807, 2.05) is 44.2 Å². The number of nitrogens with one attached hydrogen (secondary N) is 2. The topological polar surface area (TPSA) is 82.7 Å². The number of quaternary nitrogens is 1. The zero-order valence-electron chi connectivity index (χ0n) is 17.7. The molecule has 0 aliphatic carbocycles. The second kappa shape index (κ2) is 9.69. The maximum Gasteiger partial charge on any atom is 0.216 e. The van der Waals surface area contributed by atoms with Crippen molar-refractivity contribution in [2.24, 2.45) is 5.10 Å². The summed E-state index contributed by atoms with van der Waals surface area (Å²) in [6.07, 6.45) is 1.59. The highest BCUT2D eigenvalue weighted by Crippen LogP contribution is 2.23. The lowest BCUT2D eigenvalue weighted by atomic mass is 10.2. The van der Waals surface area contributed by atoms with Gasteiger partial charge in [-0.3, -0.25) is 0 Å². The van der Waals surface area contributed by atoms with Gasteiger partial charge in [-0.05, 0) is 75.8 Å². The van der Waals surface area contributed by atoms with E-state index >= 15 is 0 Å². The molecule has 0 unspecified atom stereocenters. The fourth-order valence-electron chi connectivity index (χ4n) is 3.21. The Balaban J connectivity index is 1.91. The summed E-state index contributed by atoms with van der Waals surface area (Å²) in [5.74, 6) is 1.21. The Morgan fingerprint density at radius 3 is 2.67 bits per heavy atom. The van der Waals surface area contributed by atoms with E-state index in [9.17, 15) is 5.11 Å². The van der Waals surface area contributed by atoms with Crippen molar-refractivity contribution >= 4 is 24.1 Å². The minimum absolute atomic E-state index is 0.0655. The Bertz CT molecular complexity index is 1080. The summed E-state index contributed by atoms with van der Waals surface area (Å²) < 4.78 is 7.61. The highest BCUT2D eigenvalue weighted by atomic mass is 32.1. The van der Waals surface area contributed by atoms with Crippen LogP contribution in [0.15, 0.2) is 47.6 Å². The molecule has 1 aromatic heterocycles. The molecule has 0 bridgehead atoms. The van der Waals surface area contributed by atoms with Crippen molar-refractivity contribution in [3.63, 3.8) is 0 Å². The molecule has 0 radical (unpaired) electrons. The highest BCUT2D eigenvalue weighted by molar-refractivity contribution is 7.71. The normalized spacial score (nSPS) is 11.7. The zero-order chi connectivity index (χ0) is 21.7. The lowest BCUT2D eigenvalue weighted by Gasteiger charge is -2.18. The van der Waals surface area contributed by atoms with Crippen molar-refractivity contribution < 1.29 is 14.7 Å². The molecule has 3 rings (SSSR count). The smallest absolute Gasteiger partial charge is 0.216 e. The summed E-state index contributed by atoms with van der Waals surface area (Å²) >= 11 is 5.33. The van der Waals surface area contributed by atoms with E-state index in [2.05, 4.69) is 29.1 Å². The third-order valence-electron chi connectivity index (χ3n) is 4.70. The van der Waals surface area contributed by atoms with Gasteiger partial charge in [0.15, 0.2) is 5.82 Å². The van der Waals surface area contributed by atoms with Gasteiger partial charge in [-0.2, -0.15) is 14.9 Å². The molecule has 2 aromatic carbocycles. The molecule has 30 heavy (non-hydrogen) atoms. The Morgan fingerprint density at radius 1 is 1.23 bits per heavy atom. The molecule has 8 heteroatoms. The molecule has 0 atom stereocenters. The predicted octanol–water partition coefficient (Wildman–Crippen LogP) is 2.91. The van der Waals surface area contributed by atoms with Gasteiger partial charge in [0, 0.05) is 5.56 Å². The molecular weight excluding hydrogens is 398 g/mol. The second-order valence-corrected chi connectivity index (χ2v) is 7.55. The number of ether oxygens (including phenoxy) is 1. The molecule has 1 heterocycles. The third kappa shape index (κ3) is 4.95. The number of H-pyrrole nitrogens is 1. The number of hydrogen-bond donors (Lipinski definition) is 2. The number of aromatic nitrogens is 3. The van der Waals surface area contributed by atoms with Crippen LogP contribution < -0.4 is 14.7 Å². The minimum atomic E-state index is -0.0699. The number of aromatic amines is 1. The molecule has 0 aliphatic rings. The Kier molecular flexibility index (Phi) is 7.02. The van der Waals surface area contributed by atoms with Gasteiger partial charge < -0.3 is 14.7 Å². The first-order valence-corrected chi connectivity index (χ1v) is 10.5. The van der Waals surface area contributed by atoms with E-state index in [1.165, 1.54) is 15.8 Å². The van der Waals surface area contributed by atoms with Gasteiger partial charge in [0.1, 0.15) is 11.4 Å². The summed E-state index contributed by atoms with van der Waals surface area (Å²) in [4.78, 5) is 1.26. The fourth-order valence-corrected chi connectivity index (χ4v) is 3.38. The number of rotatable bonds is 8. The first kappa shape index (κ1) is 21.7. The van der Waals surface area contributed by atoms with E-state index in [4.69, 9.17) is 17.0 Å². The lowest BCUT2D eigenvalue weighted by molar-refractivity contribution is -0.828. The number of nitrogens with zero attached hydrogens (tertiary/aromatic N) is 3. The molecule has 0 saturated heterocycles. The molecule has 7 nitrogen and oxygen atoms in total. The predicted molar refractivity (Wildman–Crippen MR) is 119 cm³/mol. The lowest BCUT2D eigenvalue weighted by Crippen LogP contribution is -3.06. The van der Waals surface area contributed by atoms with Gasteiger partial charge in [0.2, 0.25) is 4.77 Å². The minimum Gasteiger partial charge on any atom is -0.872 e. The first-order chi connectivity index (χ1) is 14.4. The van der Waals surface area contributed by atoms with Crippen LogP contribution in [-0.4, -0.2) is 40.3 Å². The SMILES string of the molecule is CC[NH+](CC)c1ccc(C=Nn2c(-c3cccc(OC(C)C)c3)n[nH]c2=S)c([O-])c1. The second-order valence-electron chi connectivity index (χ2n) is 7.17. The van der Waals surface area contributed by atoms with E-state index in [0.717, 1.165) is 30.1 Å². The summed E-state index contributed by atoms with van der Waals surface area (Å²) in [6.45, 7) is 10.00. The summed E-state index contributed by atoms with van der Waals surface area (Å²) in [7, 11) is 0. The maximum absolute atomic E-state index is 12.5. The van der Waals surface area contributed by atoms with Crippen molar-refractivity contribution in [1.29, 1.82) is 0 Å². The van der Waals surface area contributed by atoms with Crippen molar-refractivity contribution in [2.45, 2.75) is 33.8 Å². The largest absolute Gasteiger partial charge is 0.872 e. The van der Waals surface area contributed by atoms with Crippen LogP contribution in [0, 0.1) is 4.77 Å².